The van der Waals surface area contributed by atoms with E-state index in [4.69, 9.17) is 10.5 Å². The molecule has 0 spiro atoms. The maximum atomic E-state index is 13.0. The number of pyridine rings is 1. The molecule has 28 heavy (non-hydrogen) atoms. The van der Waals surface area contributed by atoms with Crippen LogP contribution >= 0.6 is 0 Å². The topological polar surface area (TPSA) is 94.5 Å². The van der Waals surface area contributed by atoms with Crippen LogP contribution in [0.4, 0.5) is 0 Å². The van der Waals surface area contributed by atoms with E-state index in [1.165, 1.54) is 10.8 Å². The second kappa shape index (κ2) is 8.27. The molecule has 2 aromatic rings. The van der Waals surface area contributed by atoms with Crippen molar-refractivity contribution in [3.05, 3.63) is 76.9 Å². The Bertz CT molecular complexity index is 1020. The molecule has 0 amide bonds. The highest BCUT2D eigenvalue weighted by molar-refractivity contribution is 5.98. The summed E-state index contributed by atoms with van der Waals surface area (Å²) in [6.07, 6.45) is 4.97. The highest BCUT2D eigenvalue weighted by Gasteiger charge is 2.32. The number of carboxylic acids is 1. The number of benzene rings is 1. The van der Waals surface area contributed by atoms with E-state index in [0.717, 1.165) is 0 Å². The number of aromatic nitrogens is 1. The van der Waals surface area contributed by atoms with Gasteiger partial charge in [-0.3, -0.25) is 4.79 Å². The molecule has 1 heterocycles. The predicted octanol–water partition coefficient (Wildman–Crippen LogP) is 3.52. The van der Waals surface area contributed by atoms with Gasteiger partial charge in [-0.1, -0.05) is 36.9 Å². The lowest BCUT2D eigenvalue weighted by molar-refractivity contribution is -0.161. The molecule has 6 heteroatoms. The van der Waals surface area contributed by atoms with E-state index in [9.17, 15) is 14.7 Å². The van der Waals surface area contributed by atoms with Crippen LogP contribution in [-0.4, -0.2) is 21.2 Å². The van der Waals surface area contributed by atoms with Crippen molar-refractivity contribution in [1.82, 2.24) is 4.57 Å². The fraction of sp³-hybridized carbons (Fsp3) is 0.273. The average Bonchev–Trinajstić information content (AvgIpc) is 2.63. The van der Waals surface area contributed by atoms with Crippen molar-refractivity contribution >= 4 is 22.3 Å². The molecule has 0 bridgehead atoms. The van der Waals surface area contributed by atoms with Crippen molar-refractivity contribution in [2.75, 3.05) is 0 Å². The van der Waals surface area contributed by atoms with Crippen LogP contribution in [0, 0.1) is 0 Å². The normalized spacial score (nSPS) is 13.8. The Morgan fingerprint density at radius 3 is 2.39 bits per heavy atom. The van der Waals surface area contributed by atoms with Crippen molar-refractivity contribution in [2.45, 2.75) is 32.5 Å². The quantitative estimate of drug-likeness (QED) is 0.746. The smallest absolute Gasteiger partial charge is 0.339 e. The van der Waals surface area contributed by atoms with E-state index in [1.54, 1.807) is 70.3 Å². The molecule has 0 saturated carbocycles. The number of carboxylic acid groups (broad SMARTS) is 1. The Kier molecular flexibility index (Phi) is 6.26. The first-order valence-corrected chi connectivity index (χ1v) is 8.86. The number of rotatable bonds is 6. The van der Waals surface area contributed by atoms with Gasteiger partial charge < -0.3 is 20.1 Å². The maximum Gasteiger partial charge on any atom is 0.339 e. The molecule has 0 aliphatic heterocycles. The summed E-state index contributed by atoms with van der Waals surface area (Å²) in [6.45, 7) is 9.15. The molecule has 0 aliphatic carbocycles. The van der Waals surface area contributed by atoms with Gasteiger partial charge in [-0.05, 0) is 50.1 Å². The number of hydrogen-bond acceptors (Lipinski definition) is 4. The van der Waals surface area contributed by atoms with Gasteiger partial charge in [0.1, 0.15) is 0 Å². The van der Waals surface area contributed by atoms with Crippen LogP contribution in [0.5, 0.6) is 0 Å². The molecule has 0 aliphatic rings. The zero-order valence-electron chi connectivity index (χ0n) is 16.6. The fourth-order valence-corrected chi connectivity index (χ4v) is 3.08. The van der Waals surface area contributed by atoms with Gasteiger partial charge in [0.25, 0.3) is 5.56 Å². The van der Waals surface area contributed by atoms with E-state index in [1.807, 2.05) is 0 Å². The van der Waals surface area contributed by atoms with E-state index >= 15 is 0 Å². The third-order valence-corrected chi connectivity index (χ3v) is 4.19. The van der Waals surface area contributed by atoms with Crippen molar-refractivity contribution < 1.29 is 14.6 Å². The van der Waals surface area contributed by atoms with Gasteiger partial charge in [-0.2, -0.15) is 0 Å². The van der Waals surface area contributed by atoms with Crippen LogP contribution < -0.4 is 11.3 Å². The number of nitrogens with zero attached hydrogens (tertiary/aromatic N) is 1. The molecule has 6 nitrogen and oxygen atoms in total. The number of hydrogen-bond donors (Lipinski definition) is 2. The lowest BCUT2D eigenvalue weighted by Crippen LogP contribution is -2.33. The fourth-order valence-electron chi connectivity index (χ4n) is 3.08. The Morgan fingerprint density at radius 2 is 1.89 bits per heavy atom. The molecule has 1 aromatic carbocycles. The minimum absolute atomic E-state index is 0.252. The number of aliphatic carboxylic acids is 1. The van der Waals surface area contributed by atoms with Crippen LogP contribution in [0.3, 0.4) is 0 Å². The Hall–Kier alpha value is -3.12. The molecule has 0 radical (unpaired) electrons. The first-order chi connectivity index (χ1) is 13.1. The Labute approximate surface area is 164 Å². The average molecular weight is 382 g/mol. The van der Waals surface area contributed by atoms with Crippen LogP contribution in [0.2, 0.25) is 0 Å². The SMILES string of the molecule is C=C/C(=C\C=C/N)c1c(C(OC(C)(C)C)C(=O)O)n(C)c(=O)c2ccccc12. The maximum absolute atomic E-state index is 13.0. The lowest BCUT2D eigenvalue weighted by atomic mass is 9.93. The van der Waals surface area contributed by atoms with Crippen molar-refractivity contribution in [3.8, 4) is 0 Å². The van der Waals surface area contributed by atoms with Crippen LogP contribution in [0.25, 0.3) is 16.3 Å². The highest BCUT2D eigenvalue weighted by Crippen LogP contribution is 2.34. The highest BCUT2D eigenvalue weighted by atomic mass is 16.5. The number of fused-ring (bicyclic) bond motifs is 1. The molecule has 0 saturated heterocycles. The summed E-state index contributed by atoms with van der Waals surface area (Å²) < 4.78 is 7.19. The van der Waals surface area contributed by atoms with E-state index in [-0.39, 0.29) is 11.3 Å². The predicted molar refractivity (Wildman–Crippen MR) is 112 cm³/mol. The summed E-state index contributed by atoms with van der Waals surface area (Å²) in [5.41, 5.74) is 5.89. The second-order valence-corrected chi connectivity index (χ2v) is 7.33. The monoisotopic (exact) mass is 382 g/mol. The second-order valence-electron chi connectivity index (χ2n) is 7.33. The van der Waals surface area contributed by atoms with Crippen molar-refractivity contribution in [1.29, 1.82) is 0 Å². The molecule has 2 rings (SSSR count). The van der Waals surface area contributed by atoms with Crippen molar-refractivity contribution in [2.24, 2.45) is 12.8 Å². The summed E-state index contributed by atoms with van der Waals surface area (Å²) in [5.74, 6) is -1.18. The van der Waals surface area contributed by atoms with Gasteiger partial charge in [0.2, 0.25) is 0 Å². The first kappa shape index (κ1) is 21.2. The lowest BCUT2D eigenvalue weighted by Gasteiger charge is -2.28. The molecule has 1 atom stereocenters. The summed E-state index contributed by atoms with van der Waals surface area (Å²) >= 11 is 0. The van der Waals surface area contributed by atoms with Gasteiger partial charge in [0.15, 0.2) is 6.10 Å². The number of carbonyl (C=O) groups is 1. The number of ether oxygens (including phenoxy) is 1. The van der Waals surface area contributed by atoms with Crippen LogP contribution in [-0.2, 0) is 16.6 Å². The third-order valence-electron chi connectivity index (χ3n) is 4.19. The zero-order chi connectivity index (χ0) is 21.1. The van der Waals surface area contributed by atoms with Gasteiger partial charge in [0, 0.05) is 18.0 Å². The molecule has 1 aromatic heterocycles. The number of nitrogens with two attached hydrogens (primary N) is 1. The van der Waals surface area contributed by atoms with Gasteiger partial charge in [-0.25, -0.2) is 4.79 Å². The minimum Gasteiger partial charge on any atom is -0.479 e. The molecule has 0 fully saturated rings. The minimum atomic E-state index is -1.34. The summed E-state index contributed by atoms with van der Waals surface area (Å²) in [6, 6.07) is 7.07. The van der Waals surface area contributed by atoms with Crippen molar-refractivity contribution in [3.63, 3.8) is 0 Å². The molecular weight excluding hydrogens is 356 g/mol. The number of allylic oxidation sites excluding steroid dienone is 4. The van der Waals surface area contributed by atoms with Gasteiger partial charge in [0.05, 0.1) is 11.3 Å². The standard InChI is InChI=1S/C22H26N2O4/c1-6-14(10-9-13-23)17-15-11-7-8-12-16(15)20(25)24(5)18(17)19(21(26)27)28-22(2,3)4/h6-13,19H,1,23H2,2-5H3,(H,26,27)/b13-9-,14-10+. The largest absolute Gasteiger partial charge is 0.479 e. The summed E-state index contributed by atoms with van der Waals surface area (Å²) in [5, 5.41) is 11.0. The molecule has 3 N–H and O–H groups in total. The third kappa shape index (κ3) is 4.23. The molecule has 1 unspecified atom stereocenters. The summed E-state index contributed by atoms with van der Waals surface area (Å²) in [4.78, 5) is 25.1. The zero-order valence-corrected chi connectivity index (χ0v) is 16.6. The Balaban J connectivity index is 3.04. The Morgan fingerprint density at radius 1 is 1.29 bits per heavy atom. The van der Waals surface area contributed by atoms with Gasteiger partial charge in [-0.15, -0.1) is 0 Å². The van der Waals surface area contributed by atoms with Gasteiger partial charge >= 0.3 is 5.97 Å². The molecule has 148 valence electrons. The van der Waals surface area contributed by atoms with E-state index < -0.39 is 17.7 Å². The first-order valence-electron chi connectivity index (χ1n) is 8.86. The van der Waals surface area contributed by atoms with Crippen LogP contribution in [0.15, 0.2) is 60.1 Å². The molecular formula is C22H26N2O4. The summed E-state index contributed by atoms with van der Waals surface area (Å²) in [7, 11) is 1.55. The van der Waals surface area contributed by atoms with E-state index in [0.29, 0.717) is 21.9 Å². The van der Waals surface area contributed by atoms with Crippen LogP contribution in [0.1, 0.15) is 38.1 Å². The van der Waals surface area contributed by atoms with E-state index in [2.05, 4.69) is 6.58 Å².